The molecule has 0 radical (unpaired) electrons. The van der Waals surface area contributed by atoms with Crippen LogP contribution in [0.1, 0.15) is 271 Å². The van der Waals surface area contributed by atoms with Crippen molar-refractivity contribution in [2.45, 2.75) is 283 Å². The number of unbranched alkanes of at least 4 members (excludes halogenated alkanes) is 33. The second-order valence-electron chi connectivity index (χ2n) is 20.2. The molecule has 8 nitrogen and oxygen atoms in total. The van der Waals surface area contributed by atoms with E-state index < -0.39 is 18.1 Å². The van der Waals surface area contributed by atoms with Gasteiger partial charge < -0.3 is 23.8 Å². The lowest BCUT2D eigenvalue weighted by Crippen LogP contribution is -2.50. The maximum absolute atomic E-state index is 12.8. The van der Waals surface area contributed by atoms with Crippen LogP contribution in [0.2, 0.25) is 0 Å². The van der Waals surface area contributed by atoms with Gasteiger partial charge in [0.05, 0.1) is 34.4 Å². The first-order valence-electron chi connectivity index (χ1n) is 27.9. The van der Waals surface area contributed by atoms with Gasteiger partial charge in [0.1, 0.15) is 6.61 Å². The third-order valence-corrected chi connectivity index (χ3v) is 12.8. The van der Waals surface area contributed by atoms with Crippen LogP contribution in [-0.2, 0) is 28.6 Å². The number of hydrogen-bond donors (Lipinski definition) is 1. The molecule has 0 aromatic rings. The molecule has 2 unspecified atom stereocenters. The maximum atomic E-state index is 12.8. The summed E-state index contributed by atoms with van der Waals surface area (Å²) >= 11 is 0. The van der Waals surface area contributed by atoms with Crippen LogP contribution in [0.4, 0.5) is 0 Å². The van der Waals surface area contributed by atoms with Gasteiger partial charge in [-0.25, -0.2) is 4.79 Å². The largest absolute Gasteiger partial charge is 0.477 e. The molecule has 0 aromatic carbocycles. The van der Waals surface area contributed by atoms with Gasteiger partial charge in [-0.05, 0) is 64.2 Å². The monoisotopic (exact) mass is 919 g/mol. The van der Waals surface area contributed by atoms with Crippen molar-refractivity contribution in [3.63, 3.8) is 0 Å². The lowest BCUT2D eigenvalue weighted by molar-refractivity contribution is -0.887. The predicted octanol–water partition coefficient (Wildman–Crippen LogP) is 16.4. The number of allylic oxidation sites excluding steroid dienone is 4. The van der Waals surface area contributed by atoms with Gasteiger partial charge in [0.2, 0.25) is 0 Å². The van der Waals surface area contributed by atoms with Crippen molar-refractivity contribution >= 4 is 17.9 Å². The number of ether oxygens (including phenoxy) is 3. The molecule has 0 saturated heterocycles. The minimum atomic E-state index is -0.873. The van der Waals surface area contributed by atoms with Gasteiger partial charge in [0.15, 0.2) is 12.1 Å². The normalized spacial score (nSPS) is 12.9. The second-order valence-corrected chi connectivity index (χ2v) is 20.2. The van der Waals surface area contributed by atoms with Gasteiger partial charge in [0.25, 0.3) is 0 Å². The van der Waals surface area contributed by atoms with Crippen molar-refractivity contribution in [2.75, 3.05) is 41.0 Å². The summed E-state index contributed by atoms with van der Waals surface area (Å²) in [7, 11) is 5.55. The van der Waals surface area contributed by atoms with Crippen LogP contribution in [0, 0.1) is 0 Å². The number of esters is 2. The third-order valence-electron chi connectivity index (χ3n) is 12.8. The topological polar surface area (TPSA) is 99.1 Å². The zero-order valence-corrected chi connectivity index (χ0v) is 43.7. The van der Waals surface area contributed by atoms with E-state index in [1.807, 2.05) is 21.1 Å². The number of rotatable bonds is 51. The number of nitrogens with zero attached hydrogens (tertiary/aromatic N) is 1. The molecule has 65 heavy (non-hydrogen) atoms. The van der Waals surface area contributed by atoms with Crippen LogP contribution in [-0.4, -0.2) is 80.6 Å². The van der Waals surface area contributed by atoms with E-state index in [2.05, 4.69) is 38.2 Å². The summed E-state index contributed by atoms with van der Waals surface area (Å²) in [5.41, 5.74) is 0. The SMILES string of the molecule is CCCCCCCCCCC/C=C/CCCCCCCCCC(=O)OC(COCCC(C(=O)O)[N+](C)(C)C)COC(=O)CCCCCCCCC/C=C/CCCCCCCCCCCC. The molecule has 8 heteroatoms. The van der Waals surface area contributed by atoms with Crippen molar-refractivity contribution < 1.29 is 38.2 Å². The van der Waals surface area contributed by atoms with E-state index in [-0.39, 0.29) is 36.2 Å². The van der Waals surface area contributed by atoms with E-state index in [9.17, 15) is 19.5 Å². The average molecular weight is 919 g/mol. The predicted molar refractivity (Wildman–Crippen MR) is 275 cm³/mol. The number of carbonyl (C=O) groups is 3. The zero-order valence-electron chi connectivity index (χ0n) is 43.7. The van der Waals surface area contributed by atoms with Crippen molar-refractivity contribution in [1.29, 1.82) is 0 Å². The van der Waals surface area contributed by atoms with E-state index in [1.54, 1.807) is 0 Å². The van der Waals surface area contributed by atoms with Gasteiger partial charge in [0, 0.05) is 19.3 Å². The van der Waals surface area contributed by atoms with Crippen LogP contribution < -0.4 is 0 Å². The number of likely N-dealkylation sites (N-methyl/N-ethyl adjacent to an activating group) is 1. The van der Waals surface area contributed by atoms with Crippen LogP contribution >= 0.6 is 0 Å². The Bertz CT molecular complexity index is 1120. The van der Waals surface area contributed by atoms with Crippen molar-refractivity contribution in [3.05, 3.63) is 24.3 Å². The standard InChI is InChI=1S/C57H107NO7/c1-6-8-10-12-14-16-18-20-22-24-26-28-30-31-33-35-37-39-41-43-45-47-55(59)64-52-53(51-63-50-49-54(57(61)62)58(3,4)5)65-56(60)48-46-44-42-40-38-36-34-32-29-27-25-23-21-19-17-15-13-11-9-7-2/h27-30,53-54H,6-26,31-52H2,1-5H3/p+1/b29-27+,30-28+. The molecule has 0 saturated carbocycles. The molecule has 2 atom stereocenters. The van der Waals surface area contributed by atoms with E-state index in [0.717, 1.165) is 38.5 Å². The van der Waals surface area contributed by atoms with Crippen LogP contribution in [0.25, 0.3) is 0 Å². The average Bonchev–Trinajstić information content (AvgIpc) is 3.27. The molecule has 0 amide bonds. The second kappa shape index (κ2) is 48.3. The van der Waals surface area contributed by atoms with Crippen LogP contribution in [0.3, 0.4) is 0 Å². The summed E-state index contributed by atoms with van der Waals surface area (Å²) in [4.78, 5) is 37.2. The quantitative estimate of drug-likeness (QED) is 0.0281. The van der Waals surface area contributed by atoms with E-state index in [0.29, 0.717) is 19.3 Å². The number of carbonyl (C=O) groups excluding carboxylic acids is 2. The zero-order chi connectivity index (χ0) is 47.7. The summed E-state index contributed by atoms with van der Waals surface area (Å²) in [6, 6.07) is -0.615. The van der Waals surface area contributed by atoms with Crippen molar-refractivity contribution in [2.24, 2.45) is 0 Å². The van der Waals surface area contributed by atoms with E-state index in [4.69, 9.17) is 14.2 Å². The molecule has 0 aliphatic carbocycles. The Kier molecular flexibility index (Phi) is 46.6. The van der Waals surface area contributed by atoms with Gasteiger partial charge >= 0.3 is 17.9 Å². The molecule has 0 heterocycles. The third kappa shape index (κ3) is 46.7. The molecule has 1 N–H and O–H groups in total. The lowest BCUT2D eigenvalue weighted by Gasteiger charge is -2.31. The van der Waals surface area contributed by atoms with Gasteiger partial charge in [-0.1, -0.05) is 212 Å². The minimum absolute atomic E-state index is 0.0512. The molecule has 0 spiro atoms. The van der Waals surface area contributed by atoms with Gasteiger partial charge in [-0.15, -0.1) is 0 Å². The highest BCUT2D eigenvalue weighted by atomic mass is 16.6. The summed E-state index contributed by atoms with van der Waals surface area (Å²) in [5, 5.41) is 9.67. The highest BCUT2D eigenvalue weighted by Gasteiger charge is 2.31. The van der Waals surface area contributed by atoms with Gasteiger partial charge in [-0.2, -0.15) is 0 Å². The first-order valence-corrected chi connectivity index (χ1v) is 27.9. The summed E-state index contributed by atoms with van der Waals surface area (Å²) in [6.45, 7) is 4.78. The maximum Gasteiger partial charge on any atom is 0.362 e. The number of aliphatic carboxylic acids is 1. The Morgan fingerprint density at radius 3 is 1.11 bits per heavy atom. The minimum Gasteiger partial charge on any atom is -0.477 e. The fourth-order valence-electron chi connectivity index (χ4n) is 8.50. The molecular weight excluding hydrogens is 811 g/mol. The van der Waals surface area contributed by atoms with E-state index in [1.165, 1.54) is 199 Å². The number of carboxylic acid groups (broad SMARTS) is 1. The van der Waals surface area contributed by atoms with Crippen molar-refractivity contribution in [1.82, 2.24) is 0 Å². The Morgan fingerprint density at radius 2 is 0.769 bits per heavy atom. The number of quaternary nitrogens is 1. The molecule has 0 aliphatic heterocycles. The lowest BCUT2D eigenvalue weighted by atomic mass is 10.1. The number of carboxylic acids is 1. The molecular formula is C57H108NO7+. The summed E-state index contributed by atoms with van der Waals surface area (Å²) in [5.74, 6) is -1.46. The Hall–Kier alpha value is -2.19. The fraction of sp³-hybridized carbons (Fsp3) is 0.877. The molecule has 0 fully saturated rings. The Balaban J connectivity index is 4.19. The van der Waals surface area contributed by atoms with Gasteiger partial charge in [-0.3, -0.25) is 9.59 Å². The summed E-state index contributed by atoms with van der Waals surface area (Å²) in [6.07, 6.45) is 56.6. The molecule has 0 rings (SSSR count). The van der Waals surface area contributed by atoms with E-state index >= 15 is 0 Å². The smallest absolute Gasteiger partial charge is 0.362 e. The first kappa shape index (κ1) is 62.8. The Labute approximate surface area is 402 Å². The highest BCUT2D eigenvalue weighted by molar-refractivity contribution is 5.72. The Morgan fingerprint density at radius 1 is 0.446 bits per heavy atom. The van der Waals surface area contributed by atoms with Crippen LogP contribution in [0.5, 0.6) is 0 Å². The fourth-order valence-corrected chi connectivity index (χ4v) is 8.50. The number of hydrogen-bond acceptors (Lipinski definition) is 6. The molecule has 0 bridgehead atoms. The summed E-state index contributed by atoms with van der Waals surface area (Å²) < 4.78 is 17.4. The molecule has 0 aliphatic rings. The molecule has 0 aromatic heterocycles. The van der Waals surface area contributed by atoms with Crippen LogP contribution in [0.15, 0.2) is 24.3 Å². The van der Waals surface area contributed by atoms with Crippen molar-refractivity contribution in [3.8, 4) is 0 Å². The first-order chi connectivity index (χ1) is 31.6. The highest BCUT2D eigenvalue weighted by Crippen LogP contribution is 2.16. The molecule has 382 valence electrons.